The average molecular weight is 356 g/mol. The van der Waals surface area contributed by atoms with Crippen LogP contribution in [0.2, 0.25) is 0 Å². The van der Waals surface area contributed by atoms with Crippen molar-refractivity contribution in [3.05, 3.63) is 60.3 Å². The maximum atomic E-state index is 12.6. The quantitative estimate of drug-likeness (QED) is 0.488. The number of hydrogen-bond donors (Lipinski definition) is 2. The van der Waals surface area contributed by atoms with E-state index in [9.17, 15) is 4.79 Å². The molecule has 1 aliphatic rings. The molecular formula is C19H20N2O3S. The number of ether oxygens (including phenoxy) is 2. The van der Waals surface area contributed by atoms with Gasteiger partial charge in [0.1, 0.15) is 12.5 Å². The summed E-state index contributed by atoms with van der Waals surface area (Å²) < 4.78 is 10.3. The van der Waals surface area contributed by atoms with Crippen LogP contribution in [0, 0.1) is 5.92 Å². The van der Waals surface area contributed by atoms with E-state index in [4.69, 9.17) is 21.7 Å². The molecule has 0 radical (unpaired) electrons. The van der Waals surface area contributed by atoms with Crippen molar-refractivity contribution < 1.29 is 14.3 Å². The SMILES string of the molecule is C=C1NC(=S)N[C@H](c2cccc3ccccc23)[C@H]1C(=O)OCCOC. The third-order valence-corrected chi connectivity index (χ3v) is 4.43. The lowest BCUT2D eigenvalue weighted by atomic mass is 9.86. The predicted molar refractivity (Wildman–Crippen MR) is 101 cm³/mol. The Morgan fingerprint density at radius 2 is 1.96 bits per heavy atom. The van der Waals surface area contributed by atoms with Gasteiger partial charge in [-0.3, -0.25) is 4.79 Å². The minimum atomic E-state index is -0.589. The van der Waals surface area contributed by atoms with Crippen molar-refractivity contribution in [1.82, 2.24) is 10.6 Å². The highest BCUT2D eigenvalue weighted by molar-refractivity contribution is 7.80. The molecule has 0 unspecified atom stereocenters. The van der Waals surface area contributed by atoms with Crippen LogP contribution in [0.1, 0.15) is 11.6 Å². The third kappa shape index (κ3) is 3.65. The van der Waals surface area contributed by atoms with Gasteiger partial charge >= 0.3 is 5.97 Å². The number of nitrogens with one attached hydrogen (secondary N) is 2. The van der Waals surface area contributed by atoms with Gasteiger partial charge in [-0.25, -0.2) is 0 Å². The maximum absolute atomic E-state index is 12.6. The molecule has 0 aliphatic carbocycles. The van der Waals surface area contributed by atoms with E-state index in [1.807, 2.05) is 42.5 Å². The topological polar surface area (TPSA) is 59.6 Å². The lowest BCUT2D eigenvalue weighted by Gasteiger charge is -2.35. The zero-order valence-corrected chi connectivity index (χ0v) is 14.8. The molecule has 1 heterocycles. The molecule has 25 heavy (non-hydrogen) atoms. The van der Waals surface area contributed by atoms with Crippen LogP contribution in [0.15, 0.2) is 54.7 Å². The van der Waals surface area contributed by atoms with Crippen molar-refractivity contribution in [3.8, 4) is 0 Å². The van der Waals surface area contributed by atoms with Crippen LogP contribution in [-0.4, -0.2) is 31.4 Å². The lowest BCUT2D eigenvalue weighted by Crippen LogP contribution is -2.51. The Morgan fingerprint density at radius 3 is 2.76 bits per heavy atom. The second kappa shape index (κ2) is 7.63. The van der Waals surface area contributed by atoms with Crippen LogP contribution in [0.3, 0.4) is 0 Å². The summed E-state index contributed by atoms with van der Waals surface area (Å²) in [6.45, 7) is 4.53. The molecule has 3 rings (SSSR count). The molecule has 6 heteroatoms. The monoisotopic (exact) mass is 356 g/mol. The largest absolute Gasteiger partial charge is 0.463 e. The van der Waals surface area contributed by atoms with Gasteiger partial charge in [-0.05, 0) is 28.6 Å². The molecule has 0 amide bonds. The summed E-state index contributed by atoms with van der Waals surface area (Å²) in [5.74, 6) is -0.947. The highest BCUT2D eigenvalue weighted by Gasteiger charge is 2.38. The van der Waals surface area contributed by atoms with Crippen molar-refractivity contribution >= 4 is 34.1 Å². The molecular weight excluding hydrogens is 336 g/mol. The Bertz CT molecular complexity index is 816. The molecule has 0 aromatic heterocycles. The van der Waals surface area contributed by atoms with E-state index >= 15 is 0 Å². The van der Waals surface area contributed by atoms with Crippen LogP contribution in [0.4, 0.5) is 0 Å². The highest BCUT2D eigenvalue weighted by Crippen LogP contribution is 2.34. The second-order valence-corrected chi connectivity index (χ2v) is 6.22. The Labute approximate surface area is 152 Å². The molecule has 1 fully saturated rings. The van der Waals surface area contributed by atoms with Gasteiger partial charge in [0.25, 0.3) is 0 Å². The molecule has 0 bridgehead atoms. The van der Waals surface area contributed by atoms with E-state index < -0.39 is 5.92 Å². The van der Waals surface area contributed by atoms with E-state index in [1.165, 1.54) is 0 Å². The summed E-state index contributed by atoms with van der Waals surface area (Å²) in [4.78, 5) is 12.6. The first-order valence-corrected chi connectivity index (χ1v) is 8.42. The van der Waals surface area contributed by atoms with Crippen LogP contribution in [0.5, 0.6) is 0 Å². The average Bonchev–Trinajstić information content (AvgIpc) is 2.60. The van der Waals surface area contributed by atoms with E-state index in [-0.39, 0.29) is 18.6 Å². The number of methoxy groups -OCH3 is 1. The van der Waals surface area contributed by atoms with Gasteiger partial charge in [-0.1, -0.05) is 49.0 Å². The van der Waals surface area contributed by atoms with Crippen molar-refractivity contribution in [2.45, 2.75) is 6.04 Å². The molecule has 5 nitrogen and oxygen atoms in total. The minimum Gasteiger partial charge on any atom is -0.463 e. The van der Waals surface area contributed by atoms with Crippen molar-refractivity contribution in [1.29, 1.82) is 0 Å². The fourth-order valence-electron chi connectivity index (χ4n) is 3.06. The minimum absolute atomic E-state index is 0.200. The second-order valence-electron chi connectivity index (χ2n) is 5.81. The number of fused-ring (bicyclic) bond motifs is 1. The summed E-state index contributed by atoms with van der Waals surface area (Å²) in [7, 11) is 1.56. The third-order valence-electron chi connectivity index (χ3n) is 4.21. The summed E-state index contributed by atoms with van der Waals surface area (Å²) >= 11 is 5.27. The summed E-state index contributed by atoms with van der Waals surface area (Å²) in [5, 5.41) is 8.76. The van der Waals surface area contributed by atoms with Crippen molar-refractivity contribution in [3.63, 3.8) is 0 Å². The van der Waals surface area contributed by atoms with E-state index in [2.05, 4.69) is 17.2 Å². The first-order chi connectivity index (χ1) is 12.1. The summed E-state index contributed by atoms with van der Waals surface area (Å²) in [5.41, 5.74) is 1.51. The Morgan fingerprint density at radius 1 is 1.20 bits per heavy atom. The van der Waals surface area contributed by atoms with Crippen LogP contribution in [0.25, 0.3) is 10.8 Å². The first kappa shape index (κ1) is 17.4. The summed E-state index contributed by atoms with van der Waals surface area (Å²) in [6, 6.07) is 13.7. The van der Waals surface area contributed by atoms with E-state index in [0.29, 0.717) is 17.4 Å². The number of carbonyl (C=O) groups is 1. The molecule has 1 saturated heterocycles. The molecule has 2 N–H and O–H groups in total. The molecule has 2 aromatic rings. The smallest absolute Gasteiger partial charge is 0.317 e. The van der Waals surface area contributed by atoms with Gasteiger partial charge in [0.15, 0.2) is 5.11 Å². The zero-order valence-electron chi connectivity index (χ0n) is 14.0. The van der Waals surface area contributed by atoms with Gasteiger partial charge in [0.2, 0.25) is 0 Å². The molecule has 1 aliphatic heterocycles. The fraction of sp³-hybridized carbons (Fsp3) is 0.263. The molecule has 0 saturated carbocycles. The number of benzene rings is 2. The van der Waals surface area contributed by atoms with Crippen LogP contribution in [-0.2, 0) is 14.3 Å². The zero-order chi connectivity index (χ0) is 17.8. The number of thiocarbonyl (C=S) groups is 1. The predicted octanol–water partition coefficient (Wildman–Crippen LogP) is 2.68. The Kier molecular flexibility index (Phi) is 5.31. The van der Waals surface area contributed by atoms with Gasteiger partial charge < -0.3 is 20.1 Å². The molecule has 2 atom stereocenters. The maximum Gasteiger partial charge on any atom is 0.317 e. The van der Waals surface area contributed by atoms with Crippen molar-refractivity contribution in [2.75, 3.05) is 20.3 Å². The number of hydrogen-bond acceptors (Lipinski definition) is 4. The van der Waals surface area contributed by atoms with Gasteiger partial charge in [0, 0.05) is 12.8 Å². The van der Waals surface area contributed by atoms with E-state index in [0.717, 1.165) is 16.3 Å². The van der Waals surface area contributed by atoms with E-state index in [1.54, 1.807) is 7.11 Å². The molecule has 0 spiro atoms. The first-order valence-electron chi connectivity index (χ1n) is 8.01. The van der Waals surface area contributed by atoms with Crippen molar-refractivity contribution in [2.24, 2.45) is 5.92 Å². The normalized spacial score (nSPS) is 20.0. The lowest BCUT2D eigenvalue weighted by molar-refractivity contribution is -0.149. The Balaban J connectivity index is 1.98. The van der Waals surface area contributed by atoms with Gasteiger partial charge in [-0.2, -0.15) is 0 Å². The van der Waals surface area contributed by atoms with Gasteiger partial charge in [-0.15, -0.1) is 0 Å². The molecule has 130 valence electrons. The molecule has 2 aromatic carbocycles. The standard InChI is InChI=1S/C19H20N2O3S/c1-12-16(18(22)24-11-10-23-2)17(21-19(25)20-12)15-9-5-7-13-6-3-4-8-14(13)15/h3-9,16-17H,1,10-11H2,2H3,(H2,20,21,25)/t16-,17+/m0/s1. The van der Waals surface area contributed by atoms with Crippen LogP contribution >= 0.6 is 12.2 Å². The van der Waals surface area contributed by atoms with Crippen LogP contribution < -0.4 is 10.6 Å². The highest BCUT2D eigenvalue weighted by atomic mass is 32.1. The number of esters is 1. The summed E-state index contributed by atoms with van der Waals surface area (Å²) in [6.07, 6.45) is 0. The fourth-order valence-corrected chi connectivity index (χ4v) is 3.32. The number of carbonyl (C=O) groups excluding carboxylic acids is 1. The van der Waals surface area contributed by atoms with Gasteiger partial charge in [0.05, 0.1) is 12.6 Å². The number of rotatable bonds is 5. The Hall–Kier alpha value is -2.44.